The highest BCUT2D eigenvalue weighted by Crippen LogP contribution is 2.13. The Kier molecular flexibility index (Phi) is 4.35. The Labute approximate surface area is 91.9 Å². The van der Waals surface area contributed by atoms with Crippen molar-refractivity contribution in [1.29, 1.82) is 0 Å². The number of ketones is 1. The zero-order valence-corrected chi connectivity index (χ0v) is 9.79. The molecule has 0 saturated heterocycles. The van der Waals surface area contributed by atoms with Gasteiger partial charge in [0.2, 0.25) is 0 Å². The van der Waals surface area contributed by atoms with E-state index in [1.807, 2.05) is 14.1 Å². The average molecular weight is 205 g/mol. The Bertz CT molecular complexity index is 314. The highest BCUT2D eigenvalue weighted by atomic mass is 16.1. The van der Waals surface area contributed by atoms with Crippen LogP contribution in [0.3, 0.4) is 0 Å². The Morgan fingerprint density at radius 1 is 1.20 bits per heavy atom. The van der Waals surface area contributed by atoms with Gasteiger partial charge in [0.25, 0.3) is 0 Å². The quantitative estimate of drug-likeness (QED) is 0.736. The normalized spacial score (nSPS) is 10.1. The summed E-state index contributed by atoms with van der Waals surface area (Å²) < 4.78 is 0. The van der Waals surface area contributed by atoms with Gasteiger partial charge in [-0.2, -0.15) is 0 Å². The Morgan fingerprint density at radius 3 is 2.27 bits per heavy atom. The molecular weight excluding hydrogens is 186 g/mol. The second-order valence-electron chi connectivity index (χ2n) is 4.12. The second-order valence-corrected chi connectivity index (χ2v) is 4.12. The predicted octanol–water partition coefficient (Wildman–Crippen LogP) is 2.66. The molecule has 0 bridgehead atoms. The first kappa shape index (κ1) is 11.8. The van der Waals surface area contributed by atoms with Gasteiger partial charge in [-0.1, -0.05) is 12.1 Å². The standard InChI is InChI=1S/C13H19NO/c1-11(15)5-4-6-12-7-9-13(10-8-12)14(2)3/h7-10H,4-6H2,1-3H3. The highest BCUT2D eigenvalue weighted by Gasteiger charge is 1.98. The first-order chi connectivity index (χ1) is 7.09. The van der Waals surface area contributed by atoms with Gasteiger partial charge in [-0.15, -0.1) is 0 Å². The zero-order chi connectivity index (χ0) is 11.3. The fourth-order valence-corrected chi connectivity index (χ4v) is 1.50. The molecule has 0 unspecified atom stereocenters. The van der Waals surface area contributed by atoms with Crippen molar-refractivity contribution in [2.24, 2.45) is 0 Å². The minimum Gasteiger partial charge on any atom is -0.378 e. The van der Waals surface area contributed by atoms with E-state index in [4.69, 9.17) is 0 Å². The lowest BCUT2D eigenvalue weighted by Gasteiger charge is -2.12. The molecule has 0 aliphatic carbocycles. The molecule has 2 nitrogen and oxygen atoms in total. The van der Waals surface area contributed by atoms with Crippen LogP contribution in [0.2, 0.25) is 0 Å². The number of benzene rings is 1. The second kappa shape index (κ2) is 5.54. The van der Waals surface area contributed by atoms with Gasteiger partial charge in [-0.05, 0) is 37.5 Å². The van der Waals surface area contributed by atoms with E-state index in [0.717, 1.165) is 12.8 Å². The average Bonchev–Trinajstić information content (AvgIpc) is 2.18. The number of rotatable bonds is 5. The van der Waals surface area contributed by atoms with Gasteiger partial charge in [0.05, 0.1) is 0 Å². The number of Topliss-reactive ketones (excluding diaryl/α,β-unsaturated/α-hetero) is 1. The summed E-state index contributed by atoms with van der Waals surface area (Å²) in [5.41, 5.74) is 2.52. The van der Waals surface area contributed by atoms with Gasteiger partial charge in [-0.25, -0.2) is 0 Å². The summed E-state index contributed by atoms with van der Waals surface area (Å²) in [6, 6.07) is 8.50. The summed E-state index contributed by atoms with van der Waals surface area (Å²) in [5.74, 6) is 0.278. The Morgan fingerprint density at radius 2 is 1.80 bits per heavy atom. The van der Waals surface area contributed by atoms with Gasteiger partial charge in [0.15, 0.2) is 0 Å². The number of anilines is 1. The predicted molar refractivity (Wildman–Crippen MR) is 64.4 cm³/mol. The van der Waals surface area contributed by atoms with E-state index in [1.54, 1.807) is 6.92 Å². The van der Waals surface area contributed by atoms with Crippen molar-refractivity contribution in [2.75, 3.05) is 19.0 Å². The zero-order valence-electron chi connectivity index (χ0n) is 9.79. The molecule has 2 heteroatoms. The third-order valence-corrected chi connectivity index (χ3v) is 2.45. The third-order valence-electron chi connectivity index (χ3n) is 2.45. The van der Waals surface area contributed by atoms with E-state index in [2.05, 4.69) is 29.2 Å². The largest absolute Gasteiger partial charge is 0.378 e. The molecule has 82 valence electrons. The Balaban J connectivity index is 2.46. The number of hydrogen-bond donors (Lipinski definition) is 0. The van der Waals surface area contributed by atoms with Crippen molar-refractivity contribution in [1.82, 2.24) is 0 Å². The van der Waals surface area contributed by atoms with Crippen LogP contribution >= 0.6 is 0 Å². The molecule has 0 N–H and O–H groups in total. The molecule has 0 fully saturated rings. The van der Waals surface area contributed by atoms with Crippen LogP contribution in [0.5, 0.6) is 0 Å². The topological polar surface area (TPSA) is 20.3 Å². The molecule has 0 aliphatic heterocycles. The molecule has 0 radical (unpaired) electrons. The Hall–Kier alpha value is -1.31. The van der Waals surface area contributed by atoms with Crippen LogP contribution in [0.15, 0.2) is 24.3 Å². The van der Waals surface area contributed by atoms with Crippen LogP contribution in [0.1, 0.15) is 25.3 Å². The molecule has 0 aromatic heterocycles. The molecule has 1 rings (SSSR count). The fraction of sp³-hybridized carbons (Fsp3) is 0.462. The lowest BCUT2D eigenvalue weighted by Crippen LogP contribution is -2.08. The number of hydrogen-bond acceptors (Lipinski definition) is 2. The number of aryl methyl sites for hydroxylation is 1. The lowest BCUT2D eigenvalue weighted by molar-refractivity contribution is -0.117. The molecule has 1 aromatic carbocycles. The van der Waals surface area contributed by atoms with Crippen LogP contribution < -0.4 is 4.90 Å². The number of carbonyl (C=O) groups excluding carboxylic acids is 1. The summed E-state index contributed by atoms with van der Waals surface area (Å²) in [6.07, 6.45) is 2.64. The number of carbonyl (C=O) groups is 1. The van der Waals surface area contributed by atoms with Crippen molar-refractivity contribution in [3.8, 4) is 0 Å². The van der Waals surface area contributed by atoms with E-state index in [-0.39, 0.29) is 5.78 Å². The maximum absolute atomic E-state index is 10.8. The highest BCUT2D eigenvalue weighted by molar-refractivity contribution is 5.75. The summed E-state index contributed by atoms with van der Waals surface area (Å²) in [5, 5.41) is 0. The molecule has 0 atom stereocenters. The first-order valence-electron chi connectivity index (χ1n) is 5.35. The maximum atomic E-state index is 10.8. The smallest absolute Gasteiger partial charge is 0.129 e. The van der Waals surface area contributed by atoms with Crippen molar-refractivity contribution in [2.45, 2.75) is 26.2 Å². The summed E-state index contributed by atoms with van der Waals surface area (Å²) in [4.78, 5) is 12.9. The van der Waals surface area contributed by atoms with Crippen LogP contribution in [-0.2, 0) is 11.2 Å². The molecule has 1 aromatic rings. The van der Waals surface area contributed by atoms with Crippen molar-refractivity contribution < 1.29 is 4.79 Å². The van der Waals surface area contributed by atoms with Crippen LogP contribution in [0.25, 0.3) is 0 Å². The minimum absolute atomic E-state index is 0.278. The van der Waals surface area contributed by atoms with Gasteiger partial charge in [-0.3, -0.25) is 0 Å². The molecule has 0 spiro atoms. The summed E-state index contributed by atoms with van der Waals surface area (Å²) >= 11 is 0. The lowest BCUT2D eigenvalue weighted by atomic mass is 10.1. The van der Waals surface area contributed by atoms with Crippen molar-refractivity contribution >= 4 is 11.5 Å². The van der Waals surface area contributed by atoms with Gasteiger partial charge in [0.1, 0.15) is 5.78 Å². The van der Waals surface area contributed by atoms with E-state index in [9.17, 15) is 4.79 Å². The molecule has 0 saturated carbocycles. The van der Waals surface area contributed by atoms with Crippen molar-refractivity contribution in [3.63, 3.8) is 0 Å². The number of nitrogens with zero attached hydrogens (tertiary/aromatic N) is 1. The van der Waals surface area contributed by atoms with Gasteiger partial charge < -0.3 is 9.69 Å². The van der Waals surface area contributed by atoms with Gasteiger partial charge in [0, 0.05) is 26.2 Å². The maximum Gasteiger partial charge on any atom is 0.129 e. The summed E-state index contributed by atoms with van der Waals surface area (Å²) in [7, 11) is 4.06. The molecule has 0 amide bonds. The molecular formula is C13H19NO. The minimum atomic E-state index is 0.278. The third kappa shape index (κ3) is 4.15. The molecule has 0 aliphatic rings. The van der Waals surface area contributed by atoms with Crippen molar-refractivity contribution in [3.05, 3.63) is 29.8 Å². The van der Waals surface area contributed by atoms with Crippen LogP contribution in [0, 0.1) is 0 Å². The molecule has 0 heterocycles. The summed E-state index contributed by atoms with van der Waals surface area (Å²) in [6.45, 7) is 1.65. The van der Waals surface area contributed by atoms with Crippen LogP contribution in [-0.4, -0.2) is 19.9 Å². The monoisotopic (exact) mass is 205 g/mol. The van der Waals surface area contributed by atoms with Gasteiger partial charge >= 0.3 is 0 Å². The van der Waals surface area contributed by atoms with E-state index >= 15 is 0 Å². The van der Waals surface area contributed by atoms with E-state index in [0.29, 0.717) is 6.42 Å². The van der Waals surface area contributed by atoms with Crippen LogP contribution in [0.4, 0.5) is 5.69 Å². The fourth-order valence-electron chi connectivity index (χ4n) is 1.50. The van der Waals surface area contributed by atoms with E-state index in [1.165, 1.54) is 11.3 Å². The van der Waals surface area contributed by atoms with E-state index < -0.39 is 0 Å². The molecule has 15 heavy (non-hydrogen) atoms. The first-order valence-corrected chi connectivity index (χ1v) is 5.35. The SMILES string of the molecule is CC(=O)CCCc1ccc(N(C)C)cc1.